The minimum atomic E-state index is -4.26. The van der Waals surface area contributed by atoms with E-state index >= 15 is 0 Å². The van der Waals surface area contributed by atoms with Gasteiger partial charge < -0.3 is 9.67 Å². The van der Waals surface area contributed by atoms with Crippen molar-refractivity contribution in [2.24, 2.45) is 0 Å². The molecule has 0 bridgehead atoms. The number of carbonyl (C=O) groups excluding carboxylic acids is 1. The average Bonchev–Trinajstić information content (AvgIpc) is 3.24. The van der Waals surface area contributed by atoms with E-state index < -0.39 is 21.9 Å². The number of aryl methyl sites for hydroxylation is 1. The summed E-state index contributed by atoms with van der Waals surface area (Å²) in [5.74, 6) is -1.49. The van der Waals surface area contributed by atoms with Gasteiger partial charge >= 0.3 is 5.97 Å². The predicted molar refractivity (Wildman–Crippen MR) is 146 cm³/mol. The molecule has 0 spiro atoms. The number of carbonyl (C=O) groups is 2. The third-order valence-corrected chi connectivity index (χ3v) is 7.84. The van der Waals surface area contributed by atoms with Crippen LogP contribution in [0.1, 0.15) is 32.2 Å². The second kappa shape index (κ2) is 10.3. The van der Waals surface area contributed by atoms with Crippen molar-refractivity contribution >= 4 is 44.7 Å². The van der Waals surface area contributed by atoms with Gasteiger partial charge in [0.05, 0.1) is 17.0 Å². The molecule has 0 atom stereocenters. The first-order valence-electron chi connectivity index (χ1n) is 11.7. The first kappa shape index (κ1) is 26.1. The monoisotopic (exact) mass is 560 g/mol. The van der Waals surface area contributed by atoms with Gasteiger partial charge in [-0.15, -0.1) is 0 Å². The molecule has 9 nitrogen and oxygen atoms in total. The molecular formula is C28H21ClN4O5S. The third-order valence-electron chi connectivity index (χ3n) is 6.14. The maximum Gasteiger partial charge on any atom is 0.335 e. The summed E-state index contributed by atoms with van der Waals surface area (Å²) in [6.45, 7) is 2.14. The SMILES string of the molecule is Cc1nc2ccc(C(=O)NS(=O)(=O)c3ccc(C(=O)O)cc3)nc2n1Cc1ccc(-c2ccccc2)cc1Cl. The van der Waals surface area contributed by atoms with Crippen molar-refractivity contribution < 1.29 is 23.1 Å². The molecule has 2 aromatic heterocycles. The maximum atomic E-state index is 12.9. The van der Waals surface area contributed by atoms with E-state index in [1.165, 1.54) is 6.07 Å². The first-order chi connectivity index (χ1) is 18.6. The van der Waals surface area contributed by atoms with Crippen LogP contribution in [-0.4, -0.2) is 39.9 Å². The van der Waals surface area contributed by atoms with Gasteiger partial charge in [0, 0.05) is 5.02 Å². The predicted octanol–water partition coefficient (Wildman–Crippen LogP) is 4.93. The quantitative estimate of drug-likeness (QED) is 0.288. The minimum absolute atomic E-state index is 0.0779. The van der Waals surface area contributed by atoms with Crippen molar-refractivity contribution in [3.8, 4) is 11.1 Å². The molecule has 0 aliphatic rings. The van der Waals surface area contributed by atoms with E-state index in [2.05, 4.69) is 9.97 Å². The molecule has 2 N–H and O–H groups in total. The number of benzene rings is 3. The van der Waals surface area contributed by atoms with Gasteiger partial charge in [0.2, 0.25) is 0 Å². The molecule has 11 heteroatoms. The number of rotatable bonds is 7. The Labute approximate surface area is 228 Å². The van der Waals surface area contributed by atoms with E-state index in [-0.39, 0.29) is 16.2 Å². The number of halogens is 1. The third kappa shape index (κ3) is 5.38. The molecule has 0 saturated carbocycles. The van der Waals surface area contributed by atoms with Crippen LogP contribution >= 0.6 is 11.6 Å². The van der Waals surface area contributed by atoms with Crippen LogP contribution in [0.5, 0.6) is 0 Å². The van der Waals surface area contributed by atoms with E-state index in [0.29, 0.717) is 28.6 Å². The zero-order valence-corrected chi connectivity index (χ0v) is 22.1. The van der Waals surface area contributed by atoms with Gasteiger partial charge in [-0.25, -0.2) is 27.9 Å². The lowest BCUT2D eigenvalue weighted by Gasteiger charge is -2.11. The van der Waals surface area contributed by atoms with E-state index in [1.54, 1.807) is 17.6 Å². The summed E-state index contributed by atoms with van der Waals surface area (Å²) in [5.41, 5.74) is 3.57. The number of amides is 1. The van der Waals surface area contributed by atoms with Crippen LogP contribution < -0.4 is 4.72 Å². The molecule has 39 heavy (non-hydrogen) atoms. The first-order valence-corrected chi connectivity index (χ1v) is 13.6. The molecule has 1 amide bonds. The Kier molecular flexibility index (Phi) is 6.90. The van der Waals surface area contributed by atoms with Gasteiger partial charge in [-0.1, -0.05) is 54.1 Å². The molecular weight excluding hydrogens is 540 g/mol. The van der Waals surface area contributed by atoms with Crippen LogP contribution in [0.2, 0.25) is 5.02 Å². The molecule has 0 unspecified atom stereocenters. The highest BCUT2D eigenvalue weighted by Crippen LogP contribution is 2.27. The number of sulfonamides is 1. The summed E-state index contributed by atoms with van der Waals surface area (Å²) < 4.78 is 29.2. The summed E-state index contributed by atoms with van der Waals surface area (Å²) in [6, 6.07) is 23.1. The number of aromatic nitrogens is 3. The highest BCUT2D eigenvalue weighted by molar-refractivity contribution is 7.90. The minimum Gasteiger partial charge on any atom is -0.478 e. The van der Waals surface area contributed by atoms with E-state index in [0.717, 1.165) is 41.0 Å². The Balaban J connectivity index is 1.41. The molecule has 5 aromatic rings. The van der Waals surface area contributed by atoms with Gasteiger partial charge in [-0.2, -0.15) is 0 Å². The van der Waals surface area contributed by atoms with Crippen molar-refractivity contribution in [1.29, 1.82) is 0 Å². The molecule has 5 rings (SSSR count). The number of carboxylic acid groups (broad SMARTS) is 1. The van der Waals surface area contributed by atoms with Gasteiger partial charge in [0.15, 0.2) is 5.65 Å². The lowest BCUT2D eigenvalue weighted by atomic mass is 10.0. The Hall–Kier alpha value is -4.54. The van der Waals surface area contributed by atoms with E-state index in [1.807, 2.05) is 53.3 Å². The fourth-order valence-electron chi connectivity index (χ4n) is 4.10. The average molecular weight is 561 g/mol. The smallest absolute Gasteiger partial charge is 0.335 e. The summed E-state index contributed by atoms with van der Waals surface area (Å²) in [7, 11) is -4.26. The van der Waals surface area contributed by atoms with Crippen molar-refractivity contribution in [1.82, 2.24) is 19.3 Å². The maximum absolute atomic E-state index is 12.9. The number of fused-ring (bicyclic) bond motifs is 1. The number of hydrogen-bond acceptors (Lipinski definition) is 6. The summed E-state index contributed by atoms with van der Waals surface area (Å²) in [6.07, 6.45) is 0. The van der Waals surface area contributed by atoms with Crippen LogP contribution in [0.15, 0.2) is 89.8 Å². The van der Waals surface area contributed by atoms with E-state index in [4.69, 9.17) is 16.7 Å². The molecule has 2 heterocycles. The van der Waals surface area contributed by atoms with Gasteiger partial charge in [-0.3, -0.25) is 4.79 Å². The highest BCUT2D eigenvalue weighted by Gasteiger charge is 2.21. The molecule has 0 aliphatic heterocycles. The van der Waals surface area contributed by atoms with Crippen LogP contribution in [-0.2, 0) is 16.6 Å². The second-order valence-electron chi connectivity index (χ2n) is 8.72. The largest absolute Gasteiger partial charge is 0.478 e. The van der Waals surface area contributed by atoms with Crippen molar-refractivity contribution in [2.45, 2.75) is 18.4 Å². The molecule has 0 saturated heterocycles. The van der Waals surface area contributed by atoms with Crippen LogP contribution in [0.25, 0.3) is 22.3 Å². The number of imidazole rings is 1. The zero-order valence-electron chi connectivity index (χ0n) is 20.5. The Morgan fingerprint density at radius 2 is 1.64 bits per heavy atom. The van der Waals surface area contributed by atoms with Crippen LogP contribution in [0.4, 0.5) is 0 Å². The lowest BCUT2D eigenvalue weighted by molar-refractivity contribution is 0.0696. The fourth-order valence-corrected chi connectivity index (χ4v) is 5.30. The van der Waals surface area contributed by atoms with E-state index in [9.17, 15) is 18.0 Å². The summed E-state index contributed by atoms with van der Waals surface area (Å²) >= 11 is 6.62. The van der Waals surface area contributed by atoms with Crippen LogP contribution in [0, 0.1) is 6.92 Å². The zero-order chi connectivity index (χ0) is 27.7. The highest BCUT2D eigenvalue weighted by atomic mass is 35.5. The summed E-state index contributed by atoms with van der Waals surface area (Å²) in [5, 5.41) is 9.57. The second-order valence-corrected chi connectivity index (χ2v) is 10.8. The number of hydrogen-bond donors (Lipinski definition) is 2. The van der Waals surface area contributed by atoms with Crippen molar-refractivity contribution in [3.05, 3.63) is 113 Å². The molecule has 196 valence electrons. The Morgan fingerprint density at radius 3 is 2.31 bits per heavy atom. The number of aromatic carboxylic acids is 1. The molecule has 3 aromatic carbocycles. The Bertz CT molecular complexity index is 1840. The summed E-state index contributed by atoms with van der Waals surface area (Å²) in [4.78, 5) is 32.5. The van der Waals surface area contributed by atoms with Crippen LogP contribution in [0.3, 0.4) is 0 Å². The number of nitrogens with one attached hydrogen (secondary N) is 1. The van der Waals surface area contributed by atoms with Crippen molar-refractivity contribution in [2.75, 3.05) is 0 Å². The van der Waals surface area contributed by atoms with Gasteiger partial charge in [0.25, 0.3) is 15.9 Å². The normalized spacial score (nSPS) is 11.4. The molecule has 0 aliphatic carbocycles. The van der Waals surface area contributed by atoms with Gasteiger partial charge in [-0.05, 0) is 66.1 Å². The fraction of sp³-hybridized carbons (Fsp3) is 0.0714. The number of pyridine rings is 1. The number of carboxylic acids is 1. The number of nitrogens with zero attached hydrogens (tertiary/aromatic N) is 3. The topological polar surface area (TPSA) is 131 Å². The standard InChI is InChI=1S/C28H21ClN4O5S/c1-17-30-24-13-14-25(27(34)32-39(37,38)22-11-9-19(10-12-22)28(35)36)31-26(24)33(17)16-21-8-7-20(15-23(21)29)18-5-3-2-4-6-18/h2-15H,16H2,1H3,(H,32,34)(H,35,36). The molecule has 0 fully saturated rings. The molecule has 0 radical (unpaired) electrons. The van der Waals surface area contributed by atoms with Gasteiger partial charge in [0.1, 0.15) is 17.0 Å². The Morgan fingerprint density at radius 1 is 0.923 bits per heavy atom. The lowest BCUT2D eigenvalue weighted by Crippen LogP contribution is -2.31. The van der Waals surface area contributed by atoms with Crippen molar-refractivity contribution in [3.63, 3.8) is 0 Å².